The summed E-state index contributed by atoms with van der Waals surface area (Å²) in [6, 6.07) is 1.94. The van der Waals surface area contributed by atoms with Crippen LogP contribution in [0.1, 0.15) is 23.4 Å². The fourth-order valence-corrected chi connectivity index (χ4v) is 3.40. The first-order chi connectivity index (χ1) is 8.20. The summed E-state index contributed by atoms with van der Waals surface area (Å²) in [5.41, 5.74) is 0. The number of carbonyl (C=O) groups excluding carboxylic acids is 1. The molecule has 1 saturated carbocycles. The molecule has 0 spiro atoms. The van der Waals surface area contributed by atoms with Gasteiger partial charge in [-0.15, -0.1) is 0 Å². The first-order valence-corrected chi connectivity index (χ1v) is 6.77. The fraction of sp³-hybridized carbons (Fsp3) is 0.500. The number of aromatic carboxylic acids is 1. The van der Waals surface area contributed by atoms with Crippen molar-refractivity contribution >= 4 is 15.8 Å². The number of hydrogen-bond acceptors (Lipinski definition) is 5. The molecule has 0 atom stereocenters. The maximum absolute atomic E-state index is 12.6. The largest absolute Gasteiger partial charge is 1.00 e. The quantitative estimate of drug-likeness (QED) is 0.569. The van der Waals surface area contributed by atoms with Crippen LogP contribution in [0.5, 0.6) is 0 Å². The number of hydrogen-bond donors (Lipinski definition) is 0. The standard InChI is InChI=1S/C10H10F2O5S.Li/c11-10(12)3-6(4-10)5-18(15,16)8-2-1-7(17-8)9(13)14;/h1-2,6H,3-5H2,(H,13,14);/q;+1/p-1. The van der Waals surface area contributed by atoms with Crippen molar-refractivity contribution in [1.82, 2.24) is 0 Å². The van der Waals surface area contributed by atoms with Crippen molar-refractivity contribution < 1.29 is 50.4 Å². The van der Waals surface area contributed by atoms with Crippen LogP contribution in [-0.4, -0.2) is 26.1 Å². The zero-order chi connectivity index (χ0) is 13.6. The molecule has 1 aliphatic carbocycles. The van der Waals surface area contributed by atoms with Gasteiger partial charge < -0.3 is 14.3 Å². The van der Waals surface area contributed by atoms with E-state index in [2.05, 4.69) is 4.42 Å². The van der Waals surface area contributed by atoms with E-state index in [0.29, 0.717) is 0 Å². The van der Waals surface area contributed by atoms with Gasteiger partial charge in [-0.1, -0.05) is 0 Å². The molecule has 0 radical (unpaired) electrons. The number of carboxylic acids is 1. The second kappa shape index (κ2) is 5.27. The molecule has 0 N–H and O–H groups in total. The third-order valence-corrected chi connectivity index (χ3v) is 4.46. The molecule has 1 aromatic rings. The molecule has 0 unspecified atom stereocenters. The van der Waals surface area contributed by atoms with E-state index in [1.165, 1.54) is 0 Å². The molecular formula is C10H9F2LiO5S. The van der Waals surface area contributed by atoms with Gasteiger partial charge in [-0.3, -0.25) is 0 Å². The van der Waals surface area contributed by atoms with Gasteiger partial charge in [0.05, 0.1) is 5.75 Å². The van der Waals surface area contributed by atoms with E-state index in [1.807, 2.05) is 0 Å². The van der Waals surface area contributed by atoms with Gasteiger partial charge in [0, 0.05) is 12.8 Å². The van der Waals surface area contributed by atoms with Gasteiger partial charge >= 0.3 is 18.9 Å². The van der Waals surface area contributed by atoms with Gasteiger partial charge in [-0.05, 0) is 18.1 Å². The van der Waals surface area contributed by atoms with Crippen molar-refractivity contribution in [3.05, 3.63) is 17.9 Å². The zero-order valence-electron chi connectivity index (χ0n) is 10.1. The Morgan fingerprint density at radius 3 is 2.42 bits per heavy atom. The van der Waals surface area contributed by atoms with Crippen LogP contribution in [0, 0.1) is 5.92 Å². The van der Waals surface area contributed by atoms with Gasteiger partial charge in [0.15, 0.2) is 5.76 Å². The summed E-state index contributed by atoms with van der Waals surface area (Å²) in [7, 11) is -3.87. The number of carbonyl (C=O) groups is 1. The van der Waals surface area contributed by atoms with Gasteiger partial charge in [-0.2, -0.15) is 0 Å². The van der Waals surface area contributed by atoms with E-state index in [9.17, 15) is 27.1 Å². The topological polar surface area (TPSA) is 87.4 Å². The summed E-state index contributed by atoms with van der Waals surface area (Å²) >= 11 is 0. The minimum atomic E-state index is -3.87. The van der Waals surface area contributed by atoms with Gasteiger partial charge in [0.1, 0.15) is 5.97 Å². The SMILES string of the molecule is O=C([O-])c1ccc(S(=O)(=O)CC2CC(F)(F)C2)o1.[Li+]. The van der Waals surface area contributed by atoms with Crippen molar-refractivity contribution in [3.63, 3.8) is 0 Å². The Balaban J connectivity index is 0.00000180. The minimum Gasteiger partial charge on any atom is -0.542 e. The molecule has 100 valence electrons. The Hall–Kier alpha value is -0.843. The van der Waals surface area contributed by atoms with Crippen molar-refractivity contribution in [2.45, 2.75) is 23.9 Å². The summed E-state index contributed by atoms with van der Waals surface area (Å²) in [6.45, 7) is 0. The monoisotopic (exact) mass is 286 g/mol. The van der Waals surface area contributed by atoms with Crippen LogP contribution < -0.4 is 24.0 Å². The van der Waals surface area contributed by atoms with Crippen LogP contribution in [-0.2, 0) is 9.84 Å². The van der Waals surface area contributed by atoms with Crippen LogP contribution >= 0.6 is 0 Å². The molecule has 0 aromatic carbocycles. The Labute approximate surface area is 120 Å². The fourth-order valence-electron chi connectivity index (χ4n) is 1.89. The summed E-state index contributed by atoms with van der Waals surface area (Å²) in [6.07, 6.45) is -0.944. The first kappa shape index (κ1) is 16.2. The number of halogens is 2. The van der Waals surface area contributed by atoms with Gasteiger partial charge in [0.25, 0.3) is 0 Å². The predicted octanol–water partition coefficient (Wildman–Crippen LogP) is -2.53. The molecule has 2 rings (SSSR count). The molecule has 1 aromatic heterocycles. The first-order valence-electron chi connectivity index (χ1n) is 5.11. The van der Waals surface area contributed by atoms with E-state index in [-0.39, 0.29) is 18.9 Å². The third-order valence-electron chi connectivity index (χ3n) is 2.72. The zero-order valence-corrected chi connectivity index (χ0v) is 10.9. The molecular weight excluding hydrogens is 277 g/mol. The van der Waals surface area contributed by atoms with Crippen LogP contribution in [0.4, 0.5) is 8.78 Å². The molecule has 0 saturated heterocycles. The Bertz CT molecular complexity index is 572. The summed E-state index contributed by atoms with van der Waals surface area (Å²) in [5.74, 6) is -6.12. The van der Waals surface area contributed by atoms with E-state index in [0.717, 1.165) is 12.1 Å². The summed E-state index contributed by atoms with van der Waals surface area (Å²) in [4.78, 5) is 10.4. The predicted molar refractivity (Wildman–Crippen MR) is 52.8 cm³/mol. The van der Waals surface area contributed by atoms with Crippen molar-refractivity contribution in [3.8, 4) is 0 Å². The van der Waals surface area contributed by atoms with Crippen LogP contribution in [0.3, 0.4) is 0 Å². The third kappa shape index (κ3) is 3.59. The number of rotatable bonds is 4. The molecule has 0 bridgehead atoms. The summed E-state index contributed by atoms with van der Waals surface area (Å²) in [5, 5.41) is 9.89. The van der Waals surface area contributed by atoms with Crippen molar-refractivity contribution in [2.75, 3.05) is 5.75 Å². The van der Waals surface area contributed by atoms with Crippen LogP contribution in [0.25, 0.3) is 0 Å². The Morgan fingerprint density at radius 2 is 2.00 bits per heavy atom. The number of furan rings is 1. The van der Waals surface area contributed by atoms with Gasteiger partial charge in [0.2, 0.25) is 20.9 Å². The number of sulfone groups is 1. The Kier molecular flexibility index (Phi) is 4.50. The molecule has 1 fully saturated rings. The molecule has 9 heteroatoms. The molecule has 1 aliphatic rings. The molecule has 19 heavy (non-hydrogen) atoms. The Morgan fingerprint density at radius 1 is 1.42 bits per heavy atom. The maximum Gasteiger partial charge on any atom is 1.00 e. The number of carboxylic acid groups (broad SMARTS) is 1. The molecule has 0 amide bonds. The smallest absolute Gasteiger partial charge is 0.542 e. The van der Waals surface area contributed by atoms with E-state index < -0.39 is 57.1 Å². The second-order valence-corrected chi connectivity index (χ2v) is 6.28. The summed E-state index contributed by atoms with van der Waals surface area (Å²) < 4.78 is 53.2. The van der Waals surface area contributed by atoms with E-state index >= 15 is 0 Å². The van der Waals surface area contributed by atoms with Crippen LogP contribution in [0.2, 0.25) is 0 Å². The van der Waals surface area contributed by atoms with Crippen molar-refractivity contribution in [2.24, 2.45) is 5.92 Å². The molecule has 0 aliphatic heterocycles. The number of alkyl halides is 2. The van der Waals surface area contributed by atoms with Crippen molar-refractivity contribution in [1.29, 1.82) is 0 Å². The normalized spacial score (nSPS) is 18.4. The average Bonchev–Trinajstić information content (AvgIpc) is 2.62. The van der Waals surface area contributed by atoms with E-state index in [4.69, 9.17) is 0 Å². The van der Waals surface area contributed by atoms with Crippen LogP contribution in [0.15, 0.2) is 21.6 Å². The minimum absolute atomic E-state index is 0. The molecule has 1 heterocycles. The second-order valence-electron chi connectivity index (χ2n) is 4.32. The van der Waals surface area contributed by atoms with Gasteiger partial charge in [-0.25, -0.2) is 17.2 Å². The average molecular weight is 286 g/mol. The molecule has 5 nitrogen and oxygen atoms in total. The van der Waals surface area contributed by atoms with E-state index in [1.54, 1.807) is 0 Å². The maximum atomic E-state index is 12.6.